The molecule has 4 aromatic rings. The lowest BCUT2D eigenvalue weighted by molar-refractivity contribution is 0.106. The van der Waals surface area contributed by atoms with Gasteiger partial charge in [0.15, 0.2) is 11.5 Å². The van der Waals surface area contributed by atoms with Crippen molar-refractivity contribution in [1.29, 1.82) is 0 Å². The van der Waals surface area contributed by atoms with Crippen LogP contribution >= 0.6 is 23.2 Å². The summed E-state index contributed by atoms with van der Waals surface area (Å²) in [5.74, 6) is 0.867. The molecule has 0 aromatic heterocycles. The largest absolute Gasteiger partial charge is 0.493 e. The minimum Gasteiger partial charge on any atom is -0.493 e. The number of carbonyl (C=O) groups excluding carboxylic acids is 1. The van der Waals surface area contributed by atoms with Crippen LogP contribution in [0.3, 0.4) is 0 Å². The van der Waals surface area contributed by atoms with Crippen LogP contribution in [0.2, 0.25) is 10.0 Å². The van der Waals surface area contributed by atoms with Gasteiger partial charge in [-0.15, -0.1) is 5.10 Å². The molecule has 0 saturated heterocycles. The summed E-state index contributed by atoms with van der Waals surface area (Å²) >= 11 is 12.2. The van der Waals surface area contributed by atoms with Gasteiger partial charge in [0.25, 0.3) is 0 Å². The first-order valence-electron chi connectivity index (χ1n) is 11.1. The Bertz CT molecular complexity index is 1400. The molecule has 0 saturated carbocycles. The third kappa shape index (κ3) is 6.39. The summed E-state index contributed by atoms with van der Waals surface area (Å²) in [6.45, 7) is 0.256. The first-order valence-corrected chi connectivity index (χ1v) is 11.8. The Balaban J connectivity index is 1.54. The van der Waals surface area contributed by atoms with Crippen molar-refractivity contribution in [3.05, 3.63) is 129 Å². The lowest BCUT2D eigenvalue weighted by Gasteiger charge is -2.12. The first kappa shape index (κ1) is 25.2. The van der Waals surface area contributed by atoms with E-state index in [1.165, 1.54) is 0 Å². The van der Waals surface area contributed by atoms with E-state index in [0.29, 0.717) is 32.7 Å². The molecule has 0 unspecified atom stereocenters. The molecule has 0 atom stereocenters. The third-order valence-corrected chi connectivity index (χ3v) is 5.84. The maximum atomic E-state index is 13.1. The summed E-state index contributed by atoms with van der Waals surface area (Å²) in [5, 5.41) is 9.57. The van der Waals surface area contributed by atoms with E-state index < -0.39 is 0 Å². The van der Waals surface area contributed by atoms with Gasteiger partial charge in [0, 0.05) is 26.7 Å². The third-order valence-electron chi connectivity index (χ3n) is 5.25. The van der Waals surface area contributed by atoms with Gasteiger partial charge >= 0.3 is 0 Å². The molecule has 0 aliphatic rings. The molecular weight excluding hydrogens is 495 g/mol. The number of ketones is 1. The van der Waals surface area contributed by atoms with Crippen LogP contribution in [0.15, 0.2) is 107 Å². The predicted octanol–water partition coefficient (Wildman–Crippen LogP) is 7.29. The molecule has 0 aliphatic heterocycles. The zero-order chi connectivity index (χ0) is 25.3. The van der Waals surface area contributed by atoms with Crippen LogP contribution in [-0.2, 0) is 6.61 Å². The SMILES string of the molecule is COc1cc(/C=N\N=C(/C(=O)c2ccccc2)c2ccccc2)ccc1OCc1ccc(Cl)cc1Cl. The van der Waals surface area contributed by atoms with E-state index in [1.807, 2.05) is 60.7 Å². The number of methoxy groups -OCH3 is 1. The van der Waals surface area contributed by atoms with Crippen LogP contribution in [0.1, 0.15) is 27.0 Å². The summed E-state index contributed by atoms with van der Waals surface area (Å²) in [5.41, 5.74) is 3.02. The van der Waals surface area contributed by atoms with Crippen molar-refractivity contribution >= 4 is 40.9 Å². The number of benzene rings is 4. The number of carbonyl (C=O) groups is 1. The van der Waals surface area contributed by atoms with Crippen LogP contribution in [-0.4, -0.2) is 24.8 Å². The number of nitrogens with zero attached hydrogens (tertiary/aromatic N) is 2. The Kier molecular flexibility index (Phi) is 8.50. The molecule has 180 valence electrons. The smallest absolute Gasteiger partial charge is 0.213 e. The number of rotatable bonds is 9. The zero-order valence-corrected chi connectivity index (χ0v) is 20.9. The van der Waals surface area contributed by atoms with Crippen molar-refractivity contribution in [2.45, 2.75) is 6.61 Å². The Morgan fingerprint density at radius 1 is 0.833 bits per heavy atom. The van der Waals surface area contributed by atoms with Gasteiger partial charge in [-0.25, -0.2) is 0 Å². The standard InChI is InChI=1S/C29H22Cl2N2O3/c1-35-27-16-20(12-15-26(27)36-19-23-13-14-24(30)17-25(23)31)18-32-33-28(21-8-4-2-5-9-21)29(34)22-10-6-3-7-11-22/h2-18H,19H2,1H3/b32-18-,33-28-. The fraction of sp³-hybridized carbons (Fsp3) is 0.0690. The minimum atomic E-state index is -0.207. The van der Waals surface area contributed by atoms with Gasteiger partial charge in [-0.3, -0.25) is 4.79 Å². The molecule has 4 rings (SSSR count). The maximum absolute atomic E-state index is 13.1. The van der Waals surface area contributed by atoms with E-state index in [9.17, 15) is 4.79 Å². The van der Waals surface area contributed by atoms with E-state index in [2.05, 4.69) is 10.2 Å². The number of ether oxygens (including phenoxy) is 2. The van der Waals surface area contributed by atoms with E-state index in [0.717, 1.165) is 11.1 Å². The molecule has 0 amide bonds. The molecule has 0 spiro atoms. The Morgan fingerprint density at radius 3 is 2.19 bits per heavy atom. The summed E-state index contributed by atoms with van der Waals surface area (Å²) in [7, 11) is 1.56. The lowest BCUT2D eigenvalue weighted by atomic mass is 10.0. The van der Waals surface area contributed by atoms with Gasteiger partial charge in [0.05, 0.1) is 13.3 Å². The van der Waals surface area contributed by atoms with Gasteiger partial charge in [0.1, 0.15) is 12.3 Å². The quantitative estimate of drug-likeness (QED) is 0.133. The van der Waals surface area contributed by atoms with Crippen LogP contribution in [0.4, 0.5) is 0 Å². The number of hydrogen-bond donors (Lipinski definition) is 0. The molecule has 36 heavy (non-hydrogen) atoms. The van der Waals surface area contributed by atoms with Crippen molar-refractivity contribution in [1.82, 2.24) is 0 Å². The van der Waals surface area contributed by atoms with Gasteiger partial charge in [-0.2, -0.15) is 5.10 Å². The van der Waals surface area contributed by atoms with Gasteiger partial charge < -0.3 is 9.47 Å². The Hall–Kier alpha value is -3.93. The number of halogens is 2. The van der Waals surface area contributed by atoms with Gasteiger partial charge in [0.2, 0.25) is 5.78 Å². The van der Waals surface area contributed by atoms with E-state index >= 15 is 0 Å². The average Bonchev–Trinajstić information content (AvgIpc) is 2.91. The molecule has 4 aromatic carbocycles. The predicted molar refractivity (Wildman–Crippen MR) is 145 cm³/mol. The second-order valence-corrected chi connectivity index (χ2v) is 8.53. The fourth-order valence-electron chi connectivity index (χ4n) is 3.39. The topological polar surface area (TPSA) is 60.2 Å². The van der Waals surface area contributed by atoms with Crippen LogP contribution in [0.5, 0.6) is 11.5 Å². The summed E-state index contributed by atoms with van der Waals surface area (Å²) in [6.07, 6.45) is 1.56. The molecule has 7 heteroatoms. The zero-order valence-electron chi connectivity index (χ0n) is 19.4. The summed E-state index contributed by atoms with van der Waals surface area (Å²) in [4.78, 5) is 13.1. The second-order valence-electron chi connectivity index (χ2n) is 7.69. The molecule has 0 aliphatic carbocycles. The van der Waals surface area contributed by atoms with E-state index in [1.54, 1.807) is 49.7 Å². The van der Waals surface area contributed by atoms with Crippen LogP contribution in [0.25, 0.3) is 0 Å². The highest BCUT2D eigenvalue weighted by molar-refractivity contribution is 6.51. The molecule has 0 fully saturated rings. The van der Waals surface area contributed by atoms with Crippen molar-refractivity contribution in [2.24, 2.45) is 10.2 Å². The maximum Gasteiger partial charge on any atom is 0.213 e. The fourth-order valence-corrected chi connectivity index (χ4v) is 3.85. The average molecular weight is 517 g/mol. The highest BCUT2D eigenvalue weighted by Gasteiger charge is 2.16. The Labute approximate surface area is 219 Å². The molecule has 0 N–H and O–H groups in total. The second kappa shape index (κ2) is 12.2. The van der Waals surface area contributed by atoms with Gasteiger partial charge in [-0.1, -0.05) is 89.9 Å². The highest BCUT2D eigenvalue weighted by atomic mass is 35.5. The summed E-state index contributed by atoms with van der Waals surface area (Å²) in [6, 6.07) is 28.9. The molecule has 0 bridgehead atoms. The van der Waals surface area contributed by atoms with Crippen molar-refractivity contribution in [3.8, 4) is 11.5 Å². The van der Waals surface area contributed by atoms with Crippen molar-refractivity contribution < 1.29 is 14.3 Å². The Morgan fingerprint density at radius 2 is 1.53 bits per heavy atom. The minimum absolute atomic E-state index is 0.207. The highest BCUT2D eigenvalue weighted by Crippen LogP contribution is 2.30. The van der Waals surface area contributed by atoms with Gasteiger partial charge in [-0.05, 0) is 35.9 Å². The number of hydrogen-bond acceptors (Lipinski definition) is 5. The summed E-state index contributed by atoms with van der Waals surface area (Å²) < 4.78 is 11.4. The van der Waals surface area contributed by atoms with Crippen LogP contribution < -0.4 is 9.47 Å². The first-order chi connectivity index (χ1) is 17.5. The van der Waals surface area contributed by atoms with E-state index in [4.69, 9.17) is 32.7 Å². The van der Waals surface area contributed by atoms with Crippen molar-refractivity contribution in [3.63, 3.8) is 0 Å². The number of Topliss-reactive ketones (excluding diaryl/α,β-unsaturated/α-hetero) is 1. The lowest BCUT2D eigenvalue weighted by Crippen LogP contribution is -2.15. The van der Waals surface area contributed by atoms with E-state index in [-0.39, 0.29) is 18.1 Å². The molecule has 0 radical (unpaired) electrons. The molecule has 0 heterocycles. The molecule has 5 nitrogen and oxygen atoms in total. The normalized spacial score (nSPS) is 11.5. The van der Waals surface area contributed by atoms with Crippen LogP contribution in [0, 0.1) is 0 Å². The van der Waals surface area contributed by atoms with Crippen molar-refractivity contribution in [2.75, 3.05) is 7.11 Å². The molecular formula is C29H22Cl2N2O3. The monoisotopic (exact) mass is 516 g/mol.